The molecule has 7 nitrogen and oxygen atoms in total. The lowest BCUT2D eigenvalue weighted by atomic mass is 9.72. The van der Waals surface area contributed by atoms with Crippen molar-refractivity contribution in [2.24, 2.45) is 0 Å². The number of ether oxygens (including phenoxy) is 1. The Morgan fingerprint density at radius 3 is 2.30 bits per heavy atom. The maximum absolute atomic E-state index is 13.8. The zero-order valence-corrected chi connectivity index (χ0v) is 24.3. The summed E-state index contributed by atoms with van der Waals surface area (Å²) in [7, 11) is -3.28. The number of para-hydroxylation sites is 1. The molecule has 212 valence electrons. The molecule has 3 aromatic rings. The quantitative estimate of drug-likeness (QED) is 0.395. The van der Waals surface area contributed by atoms with Gasteiger partial charge in [-0.05, 0) is 61.1 Å². The summed E-state index contributed by atoms with van der Waals surface area (Å²) in [4.78, 5) is 16.2. The van der Waals surface area contributed by atoms with Crippen LogP contribution in [0.1, 0.15) is 36.8 Å². The Hall–Kier alpha value is -2.91. The van der Waals surface area contributed by atoms with Gasteiger partial charge in [0.05, 0.1) is 16.7 Å². The molecule has 2 saturated heterocycles. The summed E-state index contributed by atoms with van der Waals surface area (Å²) in [6.07, 6.45) is 3.91. The Morgan fingerprint density at radius 1 is 0.950 bits per heavy atom. The van der Waals surface area contributed by atoms with Crippen LogP contribution in [-0.2, 0) is 26.8 Å². The van der Waals surface area contributed by atoms with Gasteiger partial charge in [0.25, 0.3) is 0 Å². The van der Waals surface area contributed by atoms with E-state index in [0.717, 1.165) is 49.4 Å². The molecule has 0 aliphatic carbocycles. The van der Waals surface area contributed by atoms with Gasteiger partial charge in [0.15, 0.2) is 0 Å². The van der Waals surface area contributed by atoms with E-state index < -0.39 is 15.4 Å². The first kappa shape index (κ1) is 28.6. The molecule has 1 N–H and O–H groups in total. The first-order valence-electron chi connectivity index (χ1n) is 13.8. The van der Waals surface area contributed by atoms with Crippen molar-refractivity contribution in [3.05, 3.63) is 95.0 Å². The molecule has 0 aromatic heterocycles. The number of likely N-dealkylation sites (tertiary alicyclic amines) is 1. The fraction of sp³-hybridized carbons (Fsp3) is 0.387. The van der Waals surface area contributed by atoms with Crippen molar-refractivity contribution < 1.29 is 17.9 Å². The third kappa shape index (κ3) is 6.69. The highest BCUT2D eigenvalue weighted by atomic mass is 35.5. The van der Waals surface area contributed by atoms with Gasteiger partial charge in [-0.25, -0.2) is 12.7 Å². The summed E-state index contributed by atoms with van der Waals surface area (Å²) in [6, 6.07) is 25.4. The maximum Gasteiger partial charge on any atom is 0.230 e. The van der Waals surface area contributed by atoms with Gasteiger partial charge >= 0.3 is 0 Å². The van der Waals surface area contributed by atoms with Gasteiger partial charge in [-0.2, -0.15) is 0 Å². The topological polar surface area (TPSA) is 79.0 Å². The number of carbonyl (C=O) groups excluding carboxylic acids is 1. The highest BCUT2D eigenvalue weighted by molar-refractivity contribution is 7.88. The van der Waals surface area contributed by atoms with Crippen LogP contribution < -0.4 is 10.1 Å². The van der Waals surface area contributed by atoms with E-state index in [1.165, 1.54) is 10.6 Å². The third-order valence-electron chi connectivity index (χ3n) is 8.10. The van der Waals surface area contributed by atoms with Crippen LogP contribution in [0, 0.1) is 0 Å². The number of benzene rings is 3. The predicted octanol–water partition coefficient (Wildman–Crippen LogP) is 5.21. The largest absolute Gasteiger partial charge is 0.456 e. The zero-order chi connectivity index (χ0) is 28.2. The number of rotatable bonds is 8. The van der Waals surface area contributed by atoms with Crippen LogP contribution in [0.5, 0.6) is 11.5 Å². The molecule has 2 heterocycles. The molecule has 0 spiro atoms. The number of halogens is 1. The number of carbonyl (C=O) groups is 1. The number of nitrogens with one attached hydrogen (secondary N) is 1. The Balaban J connectivity index is 1.18. The Kier molecular flexibility index (Phi) is 8.80. The van der Waals surface area contributed by atoms with E-state index in [1.807, 2.05) is 72.8 Å². The molecule has 0 unspecified atom stereocenters. The van der Waals surface area contributed by atoms with Crippen LogP contribution in [-0.4, -0.2) is 62.0 Å². The number of piperidine rings is 2. The summed E-state index contributed by atoms with van der Waals surface area (Å²) in [5, 5.41) is 3.92. The summed E-state index contributed by atoms with van der Waals surface area (Å²) < 4.78 is 31.7. The van der Waals surface area contributed by atoms with E-state index in [9.17, 15) is 13.2 Å². The molecule has 3 aromatic carbocycles. The van der Waals surface area contributed by atoms with Crippen LogP contribution in [0.4, 0.5) is 0 Å². The number of sulfonamides is 1. The molecule has 2 aliphatic rings. The van der Waals surface area contributed by atoms with E-state index in [2.05, 4.69) is 16.3 Å². The standard InChI is InChI=1S/C31H36ClN3O4S/c1-40(37,38)35-20-16-31(17-21-35,25-9-3-2-4-10-25)30(36)33-26-14-18-34(19-15-26)23-24-8-7-11-27(22-24)39-29-13-6-5-12-28(29)32/h2-13,22,26H,14-21,23H2,1H3,(H,33,36). The van der Waals surface area contributed by atoms with Crippen molar-refractivity contribution in [1.82, 2.24) is 14.5 Å². The van der Waals surface area contributed by atoms with E-state index in [4.69, 9.17) is 16.3 Å². The van der Waals surface area contributed by atoms with Crippen molar-refractivity contribution in [3.8, 4) is 11.5 Å². The Labute approximate surface area is 242 Å². The van der Waals surface area contributed by atoms with E-state index >= 15 is 0 Å². The molecule has 5 rings (SSSR count). The van der Waals surface area contributed by atoms with Gasteiger partial charge in [0, 0.05) is 38.8 Å². The monoisotopic (exact) mass is 581 g/mol. The van der Waals surface area contributed by atoms with Crippen molar-refractivity contribution >= 4 is 27.5 Å². The number of nitrogens with zero attached hydrogens (tertiary/aromatic N) is 2. The average Bonchev–Trinajstić information content (AvgIpc) is 2.95. The number of amides is 1. The van der Waals surface area contributed by atoms with E-state index in [0.29, 0.717) is 36.7 Å². The number of hydrogen-bond acceptors (Lipinski definition) is 5. The molecule has 0 atom stereocenters. The molecule has 1 amide bonds. The minimum Gasteiger partial charge on any atom is -0.456 e. The van der Waals surface area contributed by atoms with Gasteiger partial charge in [0.2, 0.25) is 15.9 Å². The molecule has 0 radical (unpaired) electrons. The molecule has 40 heavy (non-hydrogen) atoms. The normalized spacial score (nSPS) is 18.8. The van der Waals surface area contributed by atoms with Gasteiger partial charge in [-0.3, -0.25) is 9.69 Å². The Morgan fingerprint density at radius 2 is 1.62 bits per heavy atom. The van der Waals surface area contributed by atoms with Crippen LogP contribution in [0.3, 0.4) is 0 Å². The molecule has 2 fully saturated rings. The Bertz CT molecular complexity index is 1420. The van der Waals surface area contributed by atoms with Crippen molar-refractivity contribution in [3.63, 3.8) is 0 Å². The van der Waals surface area contributed by atoms with Crippen LogP contribution in [0.2, 0.25) is 5.02 Å². The third-order valence-corrected chi connectivity index (χ3v) is 9.71. The second-order valence-corrected chi connectivity index (χ2v) is 13.2. The molecule has 0 saturated carbocycles. The van der Waals surface area contributed by atoms with Gasteiger partial charge in [0.1, 0.15) is 11.5 Å². The first-order valence-corrected chi connectivity index (χ1v) is 16.0. The fourth-order valence-electron chi connectivity index (χ4n) is 5.78. The molecular weight excluding hydrogens is 546 g/mol. The highest BCUT2D eigenvalue weighted by Gasteiger charge is 2.45. The van der Waals surface area contributed by atoms with E-state index in [1.54, 1.807) is 0 Å². The van der Waals surface area contributed by atoms with Crippen LogP contribution >= 0.6 is 11.6 Å². The number of hydrogen-bond donors (Lipinski definition) is 1. The summed E-state index contributed by atoms with van der Waals surface area (Å²) in [5.41, 5.74) is 1.39. The second-order valence-electron chi connectivity index (χ2n) is 10.8. The highest BCUT2D eigenvalue weighted by Crippen LogP contribution is 2.37. The summed E-state index contributed by atoms with van der Waals surface area (Å²) in [5.74, 6) is 1.39. The van der Waals surface area contributed by atoms with Crippen LogP contribution in [0.15, 0.2) is 78.9 Å². The fourth-order valence-corrected chi connectivity index (χ4v) is 6.80. The lowest BCUT2D eigenvalue weighted by Gasteiger charge is -2.41. The molecule has 9 heteroatoms. The average molecular weight is 582 g/mol. The lowest BCUT2D eigenvalue weighted by Crippen LogP contribution is -2.55. The van der Waals surface area contributed by atoms with Gasteiger partial charge in [-0.15, -0.1) is 0 Å². The molecular formula is C31H36ClN3O4S. The van der Waals surface area contributed by atoms with Crippen molar-refractivity contribution in [2.45, 2.75) is 43.7 Å². The molecule has 0 bridgehead atoms. The zero-order valence-electron chi connectivity index (χ0n) is 22.8. The molecule has 2 aliphatic heterocycles. The van der Waals surface area contributed by atoms with E-state index in [-0.39, 0.29) is 11.9 Å². The lowest BCUT2D eigenvalue weighted by molar-refractivity contribution is -0.129. The van der Waals surface area contributed by atoms with Crippen molar-refractivity contribution in [2.75, 3.05) is 32.4 Å². The smallest absolute Gasteiger partial charge is 0.230 e. The van der Waals surface area contributed by atoms with Gasteiger partial charge in [-0.1, -0.05) is 66.2 Å². The minimum absolute atomic E-state index is 0.00900. The maximum atomic E-state index is 13.8. The summed E-state index contributed by atoms with van der Waals surface area (Å²) >= 11 is 6.25. The van der Waals surface area contributed by atoms with Gasteiger partial charge < -0.3 is 10.1 Å². The SMILES string of the molecule is CS(=O)(=O)N1CCC(C(=O)NC2CCN(Cc3cccc(Oc4ccccc4Cl)c3)CC2)(c2ccccc2)CC1. The van der Waals surface area contributed by atoms with Crippen LogP contribution in [0.25, 0.3) is 0 Å². The summed E-state index contributed by atoms with van der Waals surface area (Å²) in [6.45, 7) is 3.24. The second kappa shape index (κ2) is 12.3. The predicted molar refractivity (Wildman–Crippen MR) is 158 cm³/mol. The first-order chi connectivity index (χ1) is 19.2. The minimum atomic E-state index is -3.28. The van der Waals surface area contributed by atoms with Crippen molar-refractivity contribution in [1.29, 1.82) is 0 Å².